The van der Waals surface area contributed by atoms with E-state index in [1.54, 1.807) is 23.2 Å². The Labute approximate surface area is 163 Å². The summed E-state index contributed by atoms with van der Waals surface area (Å²) in [7, 11) is 0. The van der Waals surface area contributed by atoms with E-state index in [1.165, 1.54) is 10.4 Å². The summed E-state index contributed by atoms with van der Waals surface area (Å²) in [6.45, 7) is 6.95. The van der Waals surface area contributed by atoms with Crippen molar-refractivity contribution in [3.8, 4) is 0 Å². The lowest BCUT2D eigenvalue weighted by Crippen LogP contribution is -2.50. The van der Waals surface area contributed by atoms with Crippen molar-refractivity contribution in [2.75, 3.05) is 52.5 Å². The van der Waals surface area contributed by atoms with Gasteiger partial charge in [-0.2, -0.15) is 0 Å². The van der Waals surface area contributed by atoms with Crippen molar-refractivity contribution < 1.29 is 19.1 Å². The van der Waals surface area contributed by atoms with Crippen molar-refractivity contribution >= 4 is 23.3 Å². The van der Waals surface area contributed by atoms with Gasteiger partial charge < -0.3 is 24.6 Å². The van der Waals surface area contributed by atoms with Crippen molar-refractivity contribution in [3.05, 3.63) is 21.4 Å². The Morgan fingerprint density at radius 2 is 1.93 bits per heavy atom. The molecule has 0 atom stereocenters. The van der Waals surface area contributed by atoms with Gasteiger partial charge in [0.15, 0.2) is 0 Å². The number of nitrogens with one attached hydrogen (secondary N) is 1. The van der Waals surface area contributed by atoms with Crippen LogP contribution in [0.4, 0.5) is 4.79 Å². The first-order valence-electron chi connectivity index (χ1n) is 9.82. The molecular weight excluding hydrogens is 366 g/mol. The summed E-state index contributed by atoms with van der Waals surface area (Å²) in [5.74, 6) is 0.0713. The number of rotatable bonds is 2. The second kappa shape index (κ2) is 7.77. The Hall–Kier alpha value is -1.64. The fourth-order valence-corrected chi connectivity index (χ4v) is 5.43. The molecule has 1 spiro atoms. The van der Waals surface area contributed by atoms with E-state index in [9.17, 15) is 9.59 Å². The zero-order valence-electron chi connectivity index (χ0n) is 15.8. The van der Waals surface area contributed by atoms with E-state index in [2.05, 4.69) is 11.4 Å². The molecule has 2 saturated heterocycles. The molecule has 8 heteroatoms. The summed E-state index contributed by atoms with van der Waals surface area (Å²) < 4.78 is 11.3. The van der Waals surface area contributed by atoms with Gasteiger partial charge in [0.25, 0.3) is 5.91 Å². The summed E-state index contributed by atoms with van der Waals surface area (Å²) >= 11 is 1.62. The smallest absolute Gasteiger partial charge is 0.409 e. The molecule has 0 bridgehead atoms. The van der Waals surface area contributed by atoms with E-state index in [0.717, 1.165) is 43.8 Å². The minimum absolute atomic E-state index is 0.0713. The summed E-state index contributed by atoms with van der Waals surface area (Å²) in [4.78, 5) is 30.5. The number of hydrogen-bond donors (Lipinski definition) is 1. The maximum absolute atomic E-state index is 13.0. The van der Waals surface area contributed by atoms with Crippen LogP contribution < -0.4 is 5.32 Å². The summed E-state index contributed by atoms with van der Waals surface area (Å²) in [6, 6.07) is 2.07. The Bertz CT molecular complexity index is 706. The van der Waals surface area contributed by atoms with Gasteiger partial charge in [0.1, 0.15) is 0 Å². The molecule has 7 nitrogen and oxygen atoms in total. The van der Waals surface area contributed by atoms with Crippen molar-refractivity contribution in [2.24, 2.45) is 0 Å². The first-order valence-corrected chi connectivity index (χ1v) is 10.6. The largest absolute Gasteiger partial charge is 0.450 e. The van der Waals surface area contributed by atoms with E-state index in [-0.39, 0.29) is 17.6 Å². The first kappa shape index (κ1) is 18.7. The van der Waals surface area contributed by atoms with Crippen LogP contribution in [-0.2, 0) is 21.5 Å². The highest BCUT2D eigenvalue weighted by atomic mass is 32.1. The number of ether oxygens (including phenoxy) is 2. The standard InChI is InChI=1S/C19H27N3O4S/c1-2-25-18(24)22-10-8-21(9-11-22)17(23)16-13-14-15(27-16)3-12-26-19(14)4-6-20-7-5-19/h13,20H,2-12H2,1H3. The molecule has 1 aromatic heterocycles. The molecule has 0 unspecified atom stereocenters. The van der Waals surface area contributed by atoms with Gasteiger partial charge in [-0.05, 0) is 44.5 Å². The fourth-order valence-electron chi connectivity index (χ4n) is 4.23. The summed E-state index contributed by atoms with van der Waals surface area (Å²) in [5, 5.41) is 3.40. The Kier molecular flexibility index (Phi) is 5.39. The highest BCUT2D eigenvalue weighted by Gasteiger charge is 2.41. The van der Waals surface area contributed by atoms with Gasteiger partial charge in [-0.1, -0.05) is 0 Å². The molecule has 0 radical (unpaired) electrons. The molecule has 0 saturated carbocycles. The Morgan fingerprint density at radius 1 is 1.22 bits per heavy atom. The number of fused-ring (bicyclic) bond motifs is 2. The highest BCUT2D eigenvalue weighted by Crippen LogP contribution is 2.43. The molecule has 4 heterocycles. The lowest BCUT2D eigenvalue weighted by Gasteiger charge is -2.40. The number of carbonyl (C=O) groups excluding carboxylic acids is 2. The molecule has 148 valence electrons. The average Bonchev–Trinajstić information content (AvgIpc) is 3.14. The van der Waals surface area contributed by atoms with E-state index >= 15 is 0 Å². The highest BCUT2D eigenvalue weighted by molar-refractivity contribution is 7.14. The van der Waals surface area contributed by atoms with Gasteiger partial charge >= 0.3 is 6.09 Å². The third kappa shape index (κ3) is 3.58. The maximum Gasteiger partial charge on any atom is 0.409 e. The number of thiophene rings is 1. The van der Waals surface area contributed by atoms with Crippen LogP contribution in [0.25, 0.3) is 0 Å². The van der Waals surface area contributed by atoms with Gasteiger partial charge in [-0.3, -0.25) is 4.79 Å². The van der Waals surface area contributed by atoms with Crippen LogP contribution in [0.15, 0.2) is 6.07 Å². The lowest BCUT2D eigenvalue weighted by atomic mass is 9.83. The summed E-state index contributed by atoms with van der Waals surface area (Å²) in [5.41, 5.74) is 1.02. The monoisotopic (exact) mass is 393 g/mol. The van der Waals surface area contributed by atoms with Gasteiger partial charge in [0.2, 0.25) is 0 Å². The van der Waals surface area contributed by atoms with E-state index < -0.39 is 0 Å². The minimum Gasteiger partial charge on any atom is -0.450 e. The van der Waals surface area contributed by atoms with Gasteiger partial charge in [0, 0.05) is 37.5 Å². The predicted molar refractivity (Wildman–Crippen MR) is 102 cm³/mol. The Balaban J connectivity index is 1.46. The van der Waals surface area contributed by atoms with Crippen LogP contribution in [0, 0.1) is 0 Å². The maximum atomic E-state index is 13.0. The number of nitrogens with zero attached hydrogens (tertiary/aromatic N) is 2. The topological polar surface area (TPSA) is 71.1 Å². The molecular formula is C19H27N3O4S. The quantitative estimate of drug-likeness (QED) is 0.830. The number of hydrogen-bond acceptors (Lipinski definition) is 6. The van der Waals surface area contributed by atoms with Crippen LogP contribution >= 0.6 is 11.3 Å². The number of carbonyl (C=O) groups is 2. The van der Waals surface area contributed by atoms with Crippen LogP contribution in [-0.4, -0.2) is 74.3 Å². The van der Waals surface area contributed by atoms with Crippen LogP contribution in [0.2, 0.25) is 0 Å². The number of amides is 2. The van der Waals surface area contributed by atoms with Crippen LogP contribution in [0.3, 0.4) is 0 Å². The third-order valence-electron chi connectivity index (χ3n) is 5.72. The zero-order valence-corrected chi connectivity index (χ0v) is 16.6. The molecule has 0 aromatic carbocycles. The van der Waals surface area contributed by atoms with Crippen molar-refractivity contribution in [3.63, 3.8) is 0 Å². The molecule has 3 aliphatic heterocycles. The van der Waals surface area contributed by atoms with E-state index in [4.69, 9.17) is 9.47 Å². The fraction of sp³-hybridized carbons (Fsp3) is 0.684. The van der Waals surface area contributed by atoms with Gasteiger partial charge in [-0.25, -0.2) is 4.79 Å². The van der Waals surface area contributed by atoms with Crippen LogP contribution in [0.5, 0.6) is 0 Å². The van der Waals surface area contributed by atoms with E-state index in [0.29, 0.717) is 32.8 Å². The van der Waals surface area contributed by atoms with Crippen molar-refractivity contribution in [1.82, 2.24) is 15.1 Å². The molecule has 2 amide bonds. The molecule has 4 rings (SSSR count). The summed E-state index contributed by atoms with van der Waals surface area (Å²) in [6.07, 6.45) is 2.52. The molecule has 27 heavy (non-hydrogen) atoms. The minimum atomic E-state index is -0.291. The molecule has 1 N–H and O–H groups in total. The normalized spacial score (nSPS) is 21.8. The van der Waals surface area contributed by atoms with Crippen LogP contribution in [0.1, 0.15) is 39.9 Å². The molecule has 2 fully saturated rings. The second-order valence-electron chi connectivity index (χ2n) is 7.27. The molecule has 3 aliphatic rings. The lowest BCUT2D eigenvalue weighted by molar-refractivity contribution is -0.0792. The Morgan fingerprint density at radius 3 is 2.63 bits per heavy atom. The van der Waals surface area contributed by atoms with Gasteiger partial charge in [0.05, 0.1) is 23.7 Å². The first-order chi connectivity index (χ1) is 13.1. The van der Waals surface area contributed by atoms with Crippen molar-refractivity contribution in [2.45, 2.75) is 31.8 Å². The molecule has 1 aromatic rings. The third-order valence-corrected chi connectivity index (χ3v) is 6.91. The van der Waals surface area contributed by atoms with Crippen molar-refractivity contribution in [1.29, 1.82) is 0 Å². The zero-order chi connectivity index (χ0) is 18.9. The number of piperazine rings is 1. The predicted octanol–water partition coefficient (Wildman–Crippen LogP) is 1.81. The van der Waals surface area contributed by atoms with E-state index in [1.807, 2.05) is 4.90 Å². The van der Waals surface area contributed by atoms with Gasteiger partial charge in [-0.15, -0.1) is 11.3 Å². The second-order valence-corrected chi connectivity index (χ2v) is 8.41. The number of piperidine rings is 1. The average molecular weight is 394 g/mol. The molecule has 0 aliphatic carbocycles. The SMILES string of the molecule is CCOC(=O)N1CCN(C(=O)c2cc3c(s2)CCOC32CCNCC2)CC1.